The summed E-state index contributed by atoms with van der Waals surface area (Å²) in [5.74, 6) is 0. The number of hydrogen-bond donors (Lipinski definition) is 2. The molecule has 2 aromatic rings. The summed E-state index contributed by atoms with van der Waals surface area (Å²) >= 11 is 1.28. The van der Waals surface area contributed by atoms with Crippen molar-refractivity contribution in [2.75, 3.05) is 0 Å². The highest BCUT2D eigenvalue weighted by Crippen LogP contribution is 2.30. The van der Waals surface area contributed by atoms with E-state index in [1.165, 1.54) is 16.4 Å². The molecular formula is C12H18N6O2S. The minimum atomic E-state index is -0.803. The Balaban J connectivity index is 2.47. The maximum Gasteiger partial charge on any atom is 0.339 e. The molecule has 0 spiro atoms. The first-order chi connectivity index (χ1) is 9.79. The second-order valence-electron chi connectivity index (χ2n) is 4.98. The Bertz CT molecular complexity index is 773. The van der Waals surface area contributed by atoms with Crippen LogP contribution < -0.4 is 16.9 Å². The molecule has 1 unspecified atom stereocenters. The van der Waals surface area contributed by atoms with Crippen molar-refractivity contribution in [3.63, 3.8) is 0 Å². The summed E-state index contributed by atoms with van der Waals surface area (Å²) in [4.78, 5) is 26.4. The summed E-state index contributed by atoms with van der Waals surface area (Å²) in [6, 6.07) is -0.000362. The van der Waals surface area contributed by atoms with Crippen molar-refractivity contribution >= 4 is 11.8 Å². The van der Waals surface area contributed by atoms with Gasteiger partial charge in [0.05, 0.1) is 5.69 Å². The first-order valence-corrected chi connectivity index (χ1v) is 7.24. The van der Waals surface area contributed by atoms with Crippen LogP contribution in [0.5, 0.6) is 0 Å². The molecule has 2 aromatic heterocycles. The lowest BCUT2D eigenvalue weighted by Crippen LogP contribution is -2.33. The van der Waals surface area contributed by atoms with Gasteiger partial charge in [-0.1, -0.05) is 0 Å². The van der Waals surface area contributed by atoms with Gasteiger partial charge in [0, 0.05) is 25.7 Å². The van der Waals surface area contributed by atoms with Crippen LogP contribution in [0.1, 0.15) is 18.2 Å². The summed E-state index contributed by atoms with van der Waals surface area (Å²) in [5, 5.41) is 8.07. The molecule has 1 atom stereocenters. The molecule has 0 fully saturated rings. The lowest BCUT2D eigenvalue weighted by atomic mass is 10.1. The Morgan fingerprint density at radius 2 is 2.05 bits per heavy atom. The largest absolute Gasteiger partial charge is 0.339 e. The van der Waals surface area contributed by atoms with Crippen molar-refractivity contribution in [3.8, 4) is 0 Å². The molecule has 0 radical (unpaired) electrons. The average Bonchev–Trinajstić information content (AvgIpc) is 2.62. The van der Waals surface area contributed by atoms with Crippen molar-refractivity contribution in [2.24, 2.45) is 19.8 Å². The average molecular weight is 310 g/mol. The Morgan fingerprint density at radius 3 is 2.67 bits per heavy atom. The molecule has 0 aliphatic carbocycles. The highest BCUT2D eigenvalue weighted by Gasteiger charge is 2.18. The van der Waals surface area contributed by atoms with Gasteiger partial charge in [0.25, 0.3) is 0 Å². The monoisotopic (exact) mass is 310 g/mol. The van der Waals surface area contributed by atoms with Crippen LogP contribution in [-0.2, 0) is 20.5 Å². The van der Waals surface area contributed by atoms with Crippen LogP contribution in [0.25, 0.3) is 0 Å². The van der Waals surface area contributed by atoms with Crippen LogP contribution in [0.4, 0.5) is 0 Å². The predicted molar refractivity (Wildman–Crippen MR) is 79.5 cm³/mol. The van der Waals surface area contributed by atoms with Crippen LogP contribution in [0.3, 0.4) is 0 Å². The molecule has 114 valence electrons. The van der Waals surface area contributed by atoms with Crippen molar-refractivity contribution in [3.05, 3.63) is 32.0 Å². The minimum absolute atomic E-state index is 0.000362. The fourth-order valence-electron chi connectivity index (χ4n) is 2.00. The number of nitrogens with two attached hydrogens (primary N) is 1. The van der Waals surface area contributed by atoms with E-state index < -0.39 is 11.1 Å². The summed E-state index contributed by atoms with van der Waals surface area (Å²) in [6.45, 7) is 3.84. The standard InChI is InChI=1S/C12H18N6O2S/c1-6(13)5-8-7(2)15-17(3)11(8)21-12-14-9(19)10(20)16-18(12)4/h6H,5,13H2,1-4H3,(H,16,20). The molecule has 0 aromatic carbocycles. The molecule has 0 bridgehead atoms. The molecular weight excluding hydrogens is 292 g/mol. The third-order valence-corrected chi connectivity index (χ3v) is 4.20. The zero-order chi connectivity index (χ0) is 15.7. The number of aromatic amines is 1. The molecule has 0 saturated heterocycles. The van der Waals surface area contributed by atoms with Gasteiger partial charge in [-0.2, -0.15) is 10.1 Å². The Morgan fingerprint density at radius 1 is 1.38 bits per heavy atom. The van der Waals surface area contributed by atoms with Gasteiger partial charge in [0.1, 0.15) is 5.03 Å². The van der Waals surface area contributed by atoms with E-state index >= 15 is 0 Å². The highest BCUT2D eigenvalue weighted by atomic mass is 32.2. The Labute approximate surface area is 125 Å². The SMILES string of the molecule is Cc1nn(C)c(Sc2nc(=O)c(=O)[nH]n2C)c1CC(C)N. The zero-order valence-electron chi connectivity index (χ0n) is 12.4. The topological polar surface area (TPSA) is 112 Å². The van der Waals surface area contributed by atoms with Gasteiger partial charge in [-0.05, 0) is 32.0 Å². The Kier molecular flexibility index (Phi) is 4.33. The van der Waals surface area contributed by atoms with E-state index in [-0.39, 0.29) is 6.04 Å². The third kappa shape index (κ3) is 3.24. The van der Waals surface area contributed by atoms with Gasteiger partial charge in [0.2, 0.25) is 0 Å². The van der Waals surface area contributed by atoms with Gasteiger partial charge >= 0.3 is 11.1 Å². The predicted octanol–water partition coefficient (Wildman–Crippen LogP) is -0.449. The van der Waals surface area contributed by atoms with Crippen LogP contribution >= 0.6 is 11.8 Å². The van der Waals surface area contributed by atoms with Crippen molar-refractivity contribution in [1.29, 1.82) is 0 Å². The molecule has 2 rings (SSSR count). The number of aromatic nitrogens is 5. The highest BCUT2D eigenvalue weighted by molar-refractivity contribution is 7.99. The third-order valence-electron chi connectivity index (χ3n) is 2.95. The number of nitrogens with one attached hydrogen (secondary N) is 1. The number of rotatable bonds is 4. The van der Waals surface area contributed by atoms with Gasteiger partial charge in [-0.15, -0.1) is 0 Å². The van der Waals surface area contributed by atoms with Crippen LogP contribution in [-0.4, -0.2) is 30.6 Å². The minimum Gasteiger partial charge on any atom is -0.328 e. The second kappa shape index (κ2) is 5.86. The Hall–Kier alpha value is -1.87. The number of nitrogens with zero attached hydrogens (tertiary/aromatic N) is 4. The fourth-order valence-corrected chi connectivity index (χ4v) is 3.02. The van der Waals surface area contributed by atoms with Crippen molar-refractivity contribution in [1.82, 2.24) is 24.5 Å². The molecule has 0 saturated carbocycles. The number of H-pyrrole nitrogens is 1. The summed E-state index contributed by atoms with van der Waals surface area (Å²) in [6.07, 6.45) is 0.680. The lowest BCUT2D eigenvalue weighted by Gasteiger charge is -2.10. The molecule has 9 heteroatoms. The van der Waals surface area contributed by atoms with Crippen molar-refractivity contribution in [2.45, 2.75) is 36.5 Å². The smallest absolute Gasteiger partial charge is 0.328 e. The first-order valence-electron chi connectivity index (χ1n) is 6.43. The van der Waals surface area contributed by atoms with Crippen LogP contribution in [0, 0.1) is 6.92 Å². The second-order valence-corrected chi connectivity index (χ2v) is 5.93. The van der Waals surface area contributed by atoms with Gasteiger partial charge in [-0.25, -0.2) is 0 Å². The van der Waals surface area contributed by atoms with Gasteiger partial charge in [-0.3, -0.25) is 24.1 Å². The molecule has 21 heavy (non-hydrogen) atoms. The fraction of sp³-hybridized carbons (Fsp3) is 0.500. The first kappa shape index (κ1) is 15.5. The molecule has 3 N–H and O–H groups in total. The molecule has 0 amide bonds. The van der Waals surface area contributed by atoms with E-state index in [2.05, 4.69) is 15.2 Å². The van der Waals surface area contributed by atoms with E-state index in [0.29, 0.717) is 11.6 Å². The van der Waals surface area contributed by atoms with E-state index in [1.54, 1.807) is 11.7 Å². The quantitative estimate of drug-likeness (QED) is 0.740. The molecule has 8 nitrogen and oxygen atoms in total. The molecule has 2 heterocycles. The number of hydrogen-bond acceptors (Lipinski definition) is 6. The van der Waals surface area contributed by atoms with E-state index in [1.807, 2.05) is 20.9 Å². The maximum atomic E-state index is 11.4. The molecule has 0 aliphatic heterocycles. The summed E-state index contributed by atoms with van der Waals surface area (Å²) < 4.78 is 3.15. The zero-order valence-corrected chi connectivity index (χ0v) is 13.2. The van der Waals surface area contributed by atoms with E-state index in [4.69, 9.17) is 5.73 Å². The van der Waals surface area contributed by atoms with Crippen LogP contribution in [0.2, 0.25) is 0 Å². The normalized spacial score (nSPS) is 12.6. The summed E-state index contributed by atoms with van der Waals surface area (Å²) in [5.41, 5.74) is 6.26. The van der Waals surface area contributed by atoms with Gasteiger partial charge in [0.15, 0.2) is 5.16 Å². The maximum absolute atomic E-state index is 11.4. The van der Waals surface area contributed by atoms with Crippen molar-refractivity contribution < 1.29 is 0 Å². The molecule has 0 aliphatic rings. The van der Waals surface area contributed by atoms with E-state index in [9.17, 15) is 9.59 Å². The summed E-state index contributed by atoms with van der Waals surface area (Å²) in [7, 11) is 3.45. The van der Waals surface area contributed by atoms with E-state index in [0.717, 1.165) is 16.3 Å². The van der Waals surface area contributed by atoms with Gasteiger partial charge < -0.3 is 5.73 Å². The number of aryl methyl sites for hydroxylation is 3. The lowest BCUT2D eigenvalue weighted by molar-refractivity contribution is 0.593. The van der Waals surface area contributed by atoms with Crippen LogP contribution in [0.15, 0.2) is 19.8 Å².